The van der Waals surface area contributed by atoms with Gasteiger partial charge in [-0.3, -0.25) is 4.79 Å². The first-order valence-corrected chi connectivity index (χ1v) is 5.12. The lowest BCUT2D eigenvalue weighted by atomic mass is 9.90. The first-order chi connectivity index (χ1) is 6.25. The van der Waals surface area contributed by atoms with Crippen LogP contribution in [0.1, 0.15) is 39.0 Å². The van der Waals surface area contributed by atoms with Gasteiger partial charge >= 0.3 is 0 Å². The fourth-order valence-corrected chi connectivity index (χ4v) is 1.69. The van der Waals surface area contributed by atoms with E-state index in [4.69, 9.17) is 4.74 Å². The van der Waals surface area contributed by atoms with Crippen molar-refractivity contribution in [1.29, 1.82) is 0 Å². The average Bonchev–Trinajstić information content (AvgIpc) is 2.89. The summed E-state index contributed by atoms with van der Waals surface area (Å²) in [4.78, 5) is 11.1. The molecule has 0 amide bonds. The number of ketones is 1. The van der Waals surface area contributed by atoms with E-state index in [2.05, 4.69) is 6.08 Å². The third-order valence-corrected chi connectivity index (χ3v) is 2.79. The predicted molar refractivity (Wildman–Crippen MR) is 50.2 cm³/mol. The lowest BCUT2D eigenvalue weighted by Gasteiger charge is -2.19. The third-order valence-electron chi connectivity index (χ3n) is 2.79. The molecule has 13 heavy (non-hydrogen) atoms. The largest absolute Gasteiger partial charge is 0.495 e. The number of ether oxygens (including phenoxy) is 1. The molecule has 2 heteroatoms. The molecule has 2 rings (SSSR count). The van der Waals surface area contributed by atoms with Gasteiger partial charge in [-0.1, -0.05) is 0 Å². The van der Waals surface area contributed by atoms with Crippen molar-refractivity contribution >= 4 is 5.78 Å². The van der Waals surface area contributed by atoms with Gasteiger partial charge in [-0.05, 0) is 38.7 Å². The molecule has 2 aliphatic rings. The number of allylic oxidation sites excluding steroid dienone is 2. The van der Waals surface area contributed by atoms with Crippen LogP contribution in [-0.2, 0) is 9.53 Å². The summed E-state index contributed by atoms with van der Waals surface area (Å²) in [5, 5.41) is 0. The van der Waals surface area contributed by atoms with Crippen molar-refractivity contribution in [3.05, 3.63) is 11.8 Å². The van der Waals surface area contributed by atoms with Crippen LogP contribution in [0.25, 0.3) is 0 Å². The molecule has 0 bridgehead atoms. The topological polar surface area (TPSA) is 26.3 Å². The first kappa shape index (κ1) is 8.79. The van der Waals surface area contributed by atoms with Crippen molar-refractivity contribution in [3.8, 4) is 0 Å². The summed E-state index contributed by atoms with van der Waals surface area (Å²) in [7, 11) is 0. The maximum Gasteiger partial charge on any atom is 0.133 e. The summed E-state index contributed by atoms with van der Waals surface area (Å²) >= 11 is 0. The smallest absolute Gasteiger partial charge is 0.133 e. The van der Waals surface area contributed by atoms with Crippen LogP contribution in [0, 0.1) is 5.92 Å². The van der Waals surface area contributed by atoms with Crippen LogP contribution in [0.2, 0.25) is 0 Å². The van der Waals surface area contributed by atoms with Crippen LogP contribution in [0.5, 0.6) is 0 Å². The standard InChI is InChI=1S/C11H16O2/c1-8(12)9-2-4-10(5-3-9)13-11-6-7-11/h4,9,11H,2-3,5-7H2,1H3. The number of rotatable bonds is 3. The van der Waals surface area contributed by atoms with Crippen LogP contribution < -0.4 is 0 Å². The fraction of sp³-hybridized carbons (Fsp3) is 0.727. The number of Topliss-reactive ketones (excluding diaryl/α,β-unsaturated/α-hetero) is 1. The number of carbonyl (C=O) groups is 1. The molecular weight excluding hydrogens is 164 g/mol. The molecule has 1 fully saturated rings. The summed E-state index contributed by atoms with van der Waals surface area (Å²) in [5.41, 5.74) is 0. The number of carbonyl (C=O) groups excluding carboxylic acids is 1. The quantitative estimate of drug-likeness (QED) is 0.666. The molecule has 1 atom stereocenters. The number of hydrogen-bond acceptors (Lipinski definition) is 2. The van der Waals surface area contributed by atoms with E-state index < -0.39 is 0 Å². The van der Waals surface area contributed by atoms with Gasteiger partial charge in [-0.15, -0.1) is 0 Å². The Hall–Kier alpha value is -0.790. The minimum atomic E-state index is 0.256. The Morgan fingerprint density at radius 1 is 1.46 bits per heavy atom. The molecule has 0 saturated heterocycles. The molecule has 0 aromatic heterocycles. The highest BCUT2D eigenvalue weighted by atomic mass is 16.5. The van der Waals surface area contributed by atoms with Gasteiger partial charge in [0.1, 0.15) is 5.78 Å². The monoisotopic (exact) mass is 180 g/mol. The lowest BCUT2D eigenvalue weighted by Crippen LogP contribution is -2.14. The molecule has 2 nitrogen and oxygen atoms in total. The molecule has 0 spiro atoms. The fourth-order valence-electron chi connectivity index (χ4n) is 1.69. The normalized spacial score (nSPS) is 28.1. The van der Waals surface area contributed by atoms with Crippen LogP contribution in [-0.4, -0.2) is 11.9 Å². The summed E-state index contributed by atoms with van der Waals surface area (Å²) in [6.45, 7) is 1.69. The minimum Gasteiger partial charge on any atom is -0.495 e. The van der Waals surface area contributed by atoms with Crippen LogP contribution in [0.4, 0.5) is 0 Å². The second kappa shape index (κ2) is 3.52. The van der Waals surface area contributed by atoms with Crippen molar-refractivity contribution in [3.63, 3.8) is 0 Å². The van der Waals surface area contributed by atoms with E-state index in [0.717, 1.165) is 25.0 Å². The van der Waals surface area contributed by atoms with Gasteiger partial charge in [-0.25, -0.2) is 0 Å². The van der Waals surface area contributed by atoms with Gasteiger partial charge < -0.3 is 4.74 Å². The van der Waals surface area contributed by atoms with Gasteiger partial charge in [0.15, 0.2) is 0 Å². The van der Waals surface area contributed by atoms with Gasteiger partial charge in [0.05, 0.1) is 11.9 Å². The average molecular weight is 180 g/mol. The van der Waals surface area contributed by atoms with Crippen molar-refractivity contribution in [2.45, 2.75) is 45.1 Å². The summed E-state index contributed by atoms with van der Waals surface area (Å²) in [6.07, 6.45) is 7.86. The molecule has 0 heterocycles. The maximum atomic E-state index is 11.1. The first-order valence-electron chi connectivity index (χ1n) is 5.12. The Labute approximate surface area is 79.0 Å². The molecule has 0 aromatic carbocycles. The van der Waals surface area contributed by atoms with E-state index in [1.807, 2.05) is 0 Å². The molecule has 0 N–H and O–H groups in total. The van der Waals surface area contributed by atoms with E-state index in [0.29, 0.717) is 11.9 Å². The van der Waals surface area contributed by atoms with E-state index in [9.17, 15) is 4.79 Å². The molecule has 0 aliphatic heterocycles. The van der Waals surface area contributed by atoms with Crippen molar-refractivity contribution in [1.82, 2.24) is 0 Å². The molecule has 1 unspecified atom stereocenters. The highest BCUT2D eigenvalue weighted by molar-refractivity contribution is 5.78. The predicted octanol–water partition coefficient (Wildman–Crippen LogP) is 2.44. The van der Waals surface area contributed by atoms with Crippen molar-refractivity contribution in [2.75, 3.05) is 0 Å². The second-order valence-corrected chi connectivity index (χ2v) is 4.07. The molecule has 2 aliphatic carbocycles. The maximum absolute atomic E-state index is 11.1. The molecule has 1 saturated carbocycles. The second-order valence-electron chi connectivity index (χ2n) is 4.07. The Balaban J connectivity index is 1.84. The number of hydrogen-bond donors (Lipinski definition) is 0. The molecule has 0 radical (unpaired) electrons. The Kier molecular flexibility index (Phi) is 2.38. The van der Waals surface area contributed by atoms with E-state index >= 15 is 0 Å². The minimum absolute atomic E-state index is 0.256. The third kappa shape index (κ3) is 2.33. The zero-order chi connectivity index (χ0) is 9.26. The van der Waals surface area contributed by atoms with Crippen molar-refractivity contribution in [2.24, 2.45) is 5.92 Å². The Morgan fingerprint density at radius 2 is 2.23 bits per heavy atom. The van der Waals surface area contributed by atoms with E-state index in [1.165, 1.54) is 12.8 Å². The SMILES string of the molecule is CC(=O)C1CC=C(OC2CC2)CC1. The Morgan fingerprint density at radius 3 is 2.69 bits per heavy atom. The molecule has 0 aromatic rings. The highest BCUT2D eigenvalue weighted by Crippen LogP contribution is 2.31. The summed E-state index contributed by atoms with van der Waals surface area (Å²) in [5.74, 6) is 1.70. The van der Waals surface area contributed by atoms with Crippen LogP contribution in [0.3, 0.4) is 0 Å². The van der Waals surface area contributed by atoms with Crippen LogP contribution >= 0.6 is 0 Å². The van der Waals surface area contributed by atoms with Crippen molar-refractivity contribution < 1.29 is 9.53 Å². The van der Waals surface area contributed by atoms with Gasteiger partial charge in [0.2, 0.25) is 0 Å². The van der Waals surface area contributed by atoms with E-state index in [-0.39, 0.29) is 5.92 Å². The van der Waals surface area contributed by atoms with Crippen LogP contribution in [0.15, 0.2) is 11.8 Å². The van der Waals surface area contributed by atoms with Gasteiger partial charge in [0, 0.05) is 12.3 Å². The summed E-state index contributed by atoms with van der Waals surface area (Å²) in [6, 6.07) is 0. The van der Waals surface area contributed by atoms with Gasteiger partial charge in [-0.2, -0.15) is 0 Å². The zero-order valence-electron chi connectivity index (χ0n) is 8.08. The highest BCUT2D eigenvalue weighted by Gasteiger charge is 2.26. The zero-order valence-corrected chi connectivity index (χ0v) is 8.08. The Bertz CT molecular complexity index is 238. The van der Waals surface area contributed by atoms with E-state index in [1.54, 1.807) is 6.92 Å². The molecule has 72 valence electrons. The molecular formula is C11H16O2. The van der Waals surface area contributed by atoms with Gasteiger partial charge in [0.25, 0.3) is 0 Å². The summed E-state index contributed by atoms with van der Waals surface area (Å²) < 4.78 is 5.68. The lowest BCUT2D eigenvalue weighted by molar-refractivity contribution is -0.121.